The summed E-state index contributed by atoms with van der Waals surface area (Å²) in [6, 6.07) is 15.1. The van der Waals surface area contributed by atoms with E-state index in [4.69, 9.17) is 21.1 Å². The lowest BCUT2D eigenvalue weighted by atomic mass is 9.92. The molecule has 0 bridgehead atoms. The van der Waals surface area contributed by atoms with Crippen molar-refractivity contribution >= 4 is 39.7 Å². The van der Waals surface area contributed by atoms with Gasteiger partial charge in [0, 0.05) is 9.90 Å². The molecule has 0 aliphatic carbocycles. The fourth-order valence-electron chi connectivity index (χ4n) is 3.56. The number of benzene rings is 3. The van der Waals surface area contributed by atoms with Crippen LogP contribution in [-0.4, -0.2) is 5.97 Å². The lowest BCUT2D eigenvalue weighted by Gasteiger charge is -2.19. The first-order valence-corrected chi connectivity index (χ1v) is 11.6. The molecule has 3 nitrogen and oxygen atoms in total. The summed E-state index contributed by atoms with van der Waals surface area (Å²) in [5.74, 6) is -1.49. The molecule has 0 N–H and O–H groups in total. The number of esters is 1. The zero-order valence-electron chi connectivity index (χ0n) is 18.0. The molecule has 0 aliphatic rings. The van der Waals surface area contributed by atoms with Crippen LogP contribution < -0.4 is 4.74 Å². The number of carbonyl (C=O) groups excluding carboxylic acids is 1. The van der Waals surface area contributed by atoms with E-state index < -0.39 is 17.6 Å². The van der Waals surface area contributed by atoms with Crippen molar-refractivity contribution in [2.24, 2.45) is 5.92 Å². The Morgan fingerprint density at radius 3 is 2.52 bits per heavy atom. The number of halogens is 3. The van der Waals surface area contributed by atoms with Gasteiger partial charge in [-0.1, -0.05) is 37.6 Å². The van der Waals surface area contributed by atoms with Crippen molar-refractivity contribution in [2.45, 2.75) is 26.4 Å². The summed E-state index contributed by atoms with van der Waals surface area (Å²) >= 11 is 7.60. The molecule has 1 heterocycles. The molecule has 0 radical (unpaired) electrons. The summed E-state index contributed by atoms with van der Waals surface area (Å²) in [5, 5.41) is 4.60. The van der Waals surface area contributed by atoms with Crippen LogP contribution in [0.25, 0.3) is 10.8 Å². The maximum Gasteiger partial charge on any atom is 0.314 e. The highest BCUT2D eigenvalue weighted by Crippen LogP contribution is 2.38. The number of carbonyl (C=O) groups is 1. The van der Waals surface area contributed by atoms with Gasteiger partial charge in [-0.15, -0.1) is 11.3 Å². The molecule has 4 rings (SSSR count). The third kappa shape index (κ3) is 5.34. The molecular weight excluding hydrogens is 466 g/mol. The Balaban J connectivity index is 1.50. The van der Waals surface area contributed by atoms with Crippen LogP contribution in [0.3, 0.4) is 0 Å². The highest BCUT2D eigenvalue weighted by molar-refractivity contribution is 7.11. The lowest BCUT2D eigenvalue weighted by Crippen LogP contribution is -2.20. The van der Waals surface area contributed by atoms with Crippen molar-refractivity contribution in [3.8, 4) is 11.5 Å². The second-order valence-electron chi connectivity index (χ2n) is 7.98. The molecule has 3 aromatic carbocycles. The number of rotatable bonds is 7. The van der Waals surface area contributed by atoms with Crippen molar-refractivity contribution < 1.29 is 23.0 Å². The highest BCUT2D eigenvalue weighted by atomic mass is 35.5. The Morgan fingerprint density at radius 2 is 1.79 bits per heavy atom. The van der Waals surface area contributed by atoms with E-state index in [1.165, 1.54) is 53.8 Å². The van der Waals surface area contributed by atoms with Crippen molar-refractivity contribution in [1.29, 1.82) is 0 Å². The highest BCUT2D eigenvalue weighted by Gasteiger charge is 2.29. The second-order valence-corrected chi connectivity index (χ2v) is 9.33. The first kappa shape index (κ1) is 23.2. The second kappa shape index (κ2) is 9.89. The third-order valence-electron chi connectivity index (χ3n) is 5.21. The fourth-order valence-corrected chi connectivity index (χ4v) is 5.02. The molecule has 0 spiro atoms. The van der Waals surface area contributed by atoms with Gasteiger partial charge in [-0.25, -0.2) is 8.78 Å². The van der Waals surface area contributed by atoms with Gasteiger partial charge in [-0.3, -0.25) is 4.79 Å². The minimum absolute atomic E-state index is 0.0145. The summed E-state index contributed by atoms with van der Waals surface area (Å²) in [4.78, 5) is 14.0. The number of fused-ring (bicyclic) bond motifs is 1. The average Bonchev–Trinajstić information content (AvgIpc) is 3.18. The van der Waals surface area contributed by atoms with Crippen molar-refractivity contribution in [3.63, 3.8) is 0 Å². The summed E-state index contributed by atoms with van der Waals surface area (Å²) in [7, 11) is 0. The van der Waals surface area contributed by atoms with Crippen LogP contribution in [0.4, 0.5) is 8.78 Å². The molecule has 0 amide bonds. The Hall–Kier alpha value is -2.96. The van der Waals surface area contributed by atoms with E-state index in [1.807, 2.05) is 37.4 Å². The molecule has 0 aliphatic heterocycles. The molecule has 1 aromatic heterocycles. The maximum absolute atomic E-state index is 14.2. The molecule has 33 heavy (non-hydrogen) atoms. The monoisotopic (exact) mass is 486 g/mol. The largest absolute Gasteiger partial charge is 0.460 e. The van der Waals surface area contributed by atoms with Crippen LogP contribution in [0, 0.1) is 17.6 Å². The number of hydrogen-bond acceptors (Lipinski definition) is 4. The standard InChI is InChI=1S/C26H21ClF2O3S/c1-15(2)24(25-21-9-4-18(27)12-17(21)14-33-25)26(30)31-13-16-3-10-22(29)23(11-16)32-20-7-5-19(28)6-8-20/h3-12,14-15,24H,13H2,1-2H3. The van der Waals surface area contributed by atoms with Crippen molar-refractivity contribution in [2.75, 3.05) is 0 Å². The maximum atomic E-state index is 14.2. The van der Waals surface area contributed by atoms with E-state index in [2.05, 4.69) is 0 Å². The molecule has 0 fully saturated rings. The minimum atomic E-state index is -0.571. The molecule has 1 atom stereocenters. The Labute approximate surface area is 199 Å². The van der Waals surface area contributed by atoms with Gasteiger partial charge in [0.05, 0.1) is 5.92 Å². The van der Waals surface area contributed by atoms with Gasteiger partial charge in [0.25, 0.3) is 0 Å². The normalized spacial score (nSPS) is 12.2. The van der Waals surface area contributed by atoms with Crippen molar-refractivity contribution in [3.05, 3.63) is 93.1 Å². The van der Waals surface area contributed by atoms with Crippen LogP contribution >= 0.6 is 22.9 Å². The SMILES string of the molecule is CC(C)C(C(=O)OCc1ccc(F)c(Oc2ccc(F)cc2)c1)c1scc2cc(Cl)ccc12. The average molecular weight is 487 g/mol. The fraction of sp³-hybridized carbons (Fsp3) is 0.192. The smallest absolute Gasteiger partial charge is 0.314 e. The summed E-state index contributed by atoms with van der Waals surface area (Å²) in [6.07, 6.45) is 0. The zero-order chi connectivity index (χ0) is 23.5. The minimum Gasteiger partial charge on any atom is -0.460 e. The van der Waals surface area contributed by atoms with E-state index in [9.17, 15) is 13.6 Å². The predicted molar refractivity (Wildman–Crippen MR) is 127 cm³/mol. The topological polar surface area (TPSA) is 35.5 Å². The quantitative estimate of drug-likeness (QED) is 0.247. The van der Waals surface area contributed by atoms with Gasteiger partial charge in [0.15, 0.2) is 11.6 Å². The lowest BCUT2D eigenvalue weighted by molar-refractivity contribution is -0.147. The van der Waals surface area contributed by atoms with Crippen LogP contribution in [0.2, 0.25) is 5.02 Å². The first-order chi connectivity index (χ1) is 15.8. The van der Waals surface area contributed by atoms with Crippen molar-refractivity contribution in [1.82, 2.24) is 0 Å². The van der Waals surface area contributed by atoms with E-state index in [1.54, 1.807) is 0 Å². The van der Waals surface area contributed by atoms with Crippen LogP contribution in [0.1, 0.15) is 30.2 Å². The van der Waals surface area contributed by atoms with E-state index >= 15 is 0 Å². The van der Waals surface area contributed by atoms with Crippen LogP contribution in [0.5, 0.6) is 11.5 Å². The van der Waals surface area contributed by atoms with E-state index in [-0.39, 0.29) is 24.2 Å². The number of thiophene rings is 1. The van der Waals surface area contributed by atoms with Gasteiger partial charge >= 0.3 is 5.97 Å². The van der Waals surface area contributed by atoms with Gasteiger partial charge in [0.1, 0.15) is 18.2 Å². The zero-order valence-corrected chi connectivity index (χ0v) is 19.6. The summed E-state index contributed by atoms with van der Waals surface area (Å²) in [6.45, 7) is 3.91. The Bertz CT molecular complexity index is 1280. The summed E-state index contributed by atoms with van der Waals surface area (Å²) < 4.78 is 38.5. The molecule has 0 saturated heterocycles. The molecule has 4 aromatic rings. The summed E-state index contributed by atoms with van der Waals surface area (Å²) in [5.41, 5.74) is 0.576. The van der Waals surface area contributed by atoms with Crippen LogP contribution in [0.15, 0.2) is 66.0 Å². The van der Waals surface area contributed by atoms with Gasteiger partial charge in [-0.05, 0) is 76.2 Å². The van der Waals surface area contributed by atoms with E-state index in [0.717, 1.165) is 15.6 Å². The van der Waals surface area contributed by atoms with E-state index in [0.29, 0.717) is 16.3 Å². The molecular formula is C26H21ClF2O3S. The first-order valence-electron chi connectivity index (χ1n) is 10.4. The third-order valence-corrected chi connectivity index (χ3v) is 6.55. The Kier molecular flexibility index (Phi) is 6.96. The Morgan fingerprint density at radius 1 is 1.03 bits per heavy atom. The number of hydrogen-bond donors (Lipinski definition) is 0. The predicted octanol–water partition coefficient (Wildman–Crippen LogP) is 8.11. The van der Waals surface area contributed by atoms with Gasteiger partial charge < -0.3 is 9.47 Å². The number of ether oxygens (including phenoxy) is 2. The molecule has 0 saturated carbocycles. The van der Waals surface area contributed by atoms with Gasteiger partial charge in [0.2, 0.25) is 0 Å². The van der Waals surface area contributed by atoms with Crippen LogP contribution in [-0.2, 0) is 16.1 Å². The molecule has 7 heteroatoms. The molecule has 170 valence electrons. The van der Waals surface area contributed by atoms with Gasteiger partial charge in [-0.2, -0.15) is 0 Å². The molecule has 1 unspecified atom stereocenters.